The van der Waals surface area contributed by atoms with E-state index in [-0.39, 0.29) is 0 Å². The van der Waals surface area contributed by atoms with Gasteiger partial charge in [-0.2, -0.15) is 5.10 Å². The van der Waals surface area contributed by atoms with E-state index in [1.54, 1.807) is 18.9 Å². The van der Waals surface area contributed by atoms with Gasteiger partial charge in [-0.1, -0.05) is 60.1 Å². The Morgan fingerprint density at radius 3 is 2.56 bits per heavy atom. The Bertz CT molecular complexity index is 1290. The molecule has 172 valence electrons. The zero-order valence-electron chi connectivity index (χ0n) is 18.5. The largest absolute Gasteiger partial charge is 0.497 e. The van der Waals surface area contributed by atoms with Gasteiger partial charge >= 0.3 is 0 Å². The molecule has 3 aromatic carbocycles. The topological polar surface area (TPSA) is 66.7 Å². The van der Waals surface area contributed by atoms with E-state index in [1.807, 2.05) is 70.5 Å². The molecule has 0 fully saturated rings. The van der Waals surface area contributed by atoms with E-state index in [0.29, 0.717) is 11.6 Å². The Hall–Kier alpha value is -3.46. The minimum absolute atomic E-state index is 0.612. The van der Waals surface area contributed by atoms with Crippen LogP contribution in [-0.4, -0.2) is 27.7 Å². The van der Waals surface area contributed by atoms with E-state index >= 15 is 0 Å². The monoisotopic (exact) mass is 490 g/mol. The van der Waals surface area contributed by atoms with Crippen molar-refractivity contribution in [2.24, 2.45) is 5.10 Å². The van der Waals surface area contributed by atoms with Gasteiger partial charge in [-0.25, -0.2) is 10.2 Å². The average molecular weight is 491 g/mol. The molecule has 9 heteroatoms. The number of amidine groups is 1. The van der Waals surface area contributed by atoms with Crippen molar-refractivity contribution in [3.8, 4) is 11.4 Å². The van der Waals surface area contributed by atoms with Gasteiger partial charge in [0.25, 0.3) is 0 Å². The first kappa shape index (κ1) is 22.3. The number of halogens is 1. The second kappa shape index (κ2) is 10.2. The predicted molar refractivity (Wildman–Crippen MR) is 136 cm³/mol. The van der Waals surface area contributed by atoms with E-state index in [1.165, 1.54) is 5.56 Å². The van der Waals surface area contributed by atoms with Crippen LogP contribution in [0.1, 0.15) is 16.7 Å². The van der Waals surface area contributed by atoms with Crippen molar-refractivity contribution < 1.29 is 4.74 Å². The molecule has 0 aliphatic carbocycles. The van der Waals surface area contributed by atoms with Crippen molar-refractivity contribution in [2.75, 3.05) is 7.11 Å². The Labute approximate surface area is 207 Å². The molecule has 0 atom stereocenters. The number of ether oxygens (including phenoxy) is 1. The van der Waals surface area contributed by atoms with Gasteiger partial charge in [-0.15, -0.1) is 22.4 Å². The van der Waals surface area contributed by atoms with Crippen molar-refractivity contribution in [1.82, 2.24) is 25.9 Å². The van der Waals surface area contributed by atoms with Crippen LogP contribution in [-0.2, 0) is 12.3 Å². The molecule has 0 saturated heterocycles. The summed E-state index contributed by atoms with van der Waals surface area (Å²) in [4.78, 5) is 0. The third kappa shape index (κ3) is 4.89. The number of rotatable bonds is 8. The number of hydrogen-bond acceptors (Lipinski definition) is 7. The number of methoxy groups -OCH3 is 1. The summed E-state index contributed by atoms with van der Waals surface area (Å²) in [5.74, 6) is 2.39. The number of aromatic nitrogens is 2. The molecule has 5 rings (SSSR count). The average Bonchev–Trinajstić information content (AvgIpc) is 3.50. The summed E-state index contributed by atoms with van der Waals surface area (Å²) >= 11 is 7.99. The molecule has 1 aliphatic heterocycles. The van der Waals surface area contributed by atoms with Crippen LogP contribution < -0.4 is 15.8 Å². The quantitative estimate of drug-likeness (QED) is 0.338. The summed E-state index contributed by atoms with van der Waals surface area (Å²) in [6.45, 7) is 0.612. The lowest BCUT2D eigenvalue weighted by atomic mass is 10.2. The first-order chi connectivity index (χ1) is 16.7. The maximum absolute atomic E-state index is 6.28. The molecule has 2 heterocycles. The molecule has 7 nitrogen and oxygen atoms in total. The summed E-state index contributed by atoms with van der Waals surface area (Å²) < 4.78 is 7.19. The first-order valence-electron chi connectivity index (χ1n) is 10.7. The van der Waals surface area contributed by atoms with Gasteiger partial charge in [0.1, 0.15) is 10.8 Å². The van der Waals surface area contributed by atoms with Gasteiger partial charge in [0, 0.05) is 10.8 Å². The Morgan fingerprint density at radius 1 is 0.971 bits per heavy atom. The van der Waals surface area contributed by atoms with Gasteiger partial charge in [0.15, 0.2) is 5.84 Å². The van der Waals surface area contributed by atoms with Crippen LogP contribution >= 0.6 is 23.4 Å². The van der Waals surface area contributed by atoms with Gasteiger partial charge in [0.2, 0.25) is 0 Å². The lowest BCUT2D eigenvalue weighted by molar-refractivity contribution is 0.287. The summed E-state index contributed by atoms with van der Waals surface area (Å²) in [6.07, 6.45) is 1.85. The van der Waals surface area contributed by atoms with Crippen LogP contribution in [0.4, 0.5) is 0 Å². The fourth-order valence-electron chi connectivity index (χ4n) is 3.63. The minimum atomic E-state index is 0.612. The maximum atomic E-state index is 6.28. The number of thioether (sulfide) groups is 1. The van der Waals surface area contributed by atoms with Crippen LogP contribution in [0.25, 0.3) is 5.69 Å². The van der Waals surface area contributed by atoms with Crippen molar-refractivity contribution in [1.29, 1.82) is 0 Å². The summed E-state index contributed by atoms with van der Waals surface area (Å²) in [5.41, 5.74) is 10.2. The van der Waals surface area contributed by atoms with Crippen LogP contribution in [0.2, 0.25) is 5.02 Å². The number of hydrazone groups is 1. The molecule has 0 spiro atoms. The van der Waals surface area contributed by atoms with Gasteiger partial charge in [-0.05, 0) is 41.5 Å². The zero-order valence-corrected chi connectivity index (χ0v) is 20.1. The number of nitrogens with one attached hydrogen (secondary N) is 2. The summed E-state index contributed by atoms with van der Waals surface area (Å²) in [6, 6.07) is 26.1. The first-order valence-corrected chi connectivity index (χ1v) is 12.1. The molecule has 2 N–H and O–H groups in total. The lowest BCUT2D eigenvalue weighted by Crippen LogP contribution is -2.40. The Morgan fingerprint density at radius 2 is 1.79 bits per heavy atom. The van der Waals surface area contributed by atoms with Crippen molar-refractivity contribution in [3.63, 3.8) is 0 Å². The number of benzene rings is 3. The van der Waals surface area contributed by atoms with Crippen LogP contribution in [0.15, 0.2) is 95.2 Å². The van der Waals surface area contributed by atoms with Crippen LogP contribution in [0.3, 0.4) is 0 Å². The minimum Gasteiger partial charge on any atom is -0.497 e. The van der Waals surface area contributed by atoms with E-state index in [2.05, 4.69) is 40.4 Å². The highest BCUT2D eigenvalue weighted by Gasteiger charge is 2.26. The van der Waals surface area contributed by atoms with Gasteiger partial charge < -0.3 is 4.74 Å². The molecule has 0 radical (unpaired) electrons. The molecular weight excluding hydrogens is 468 g/mol. The van der Waals surface area contributed by atoms with E-state index in [9.17, 15) is 0 Å². The highest BCUT2D eigenvalue weighted by Crippen LogP contribution is 2.31. The second-order valence-electron chi connectivity index (χ2n) is 7.62. The third-order valence-corrected chi connectivity index (χ3v) is 6.72. The van der Waals surface area contributed by atoms with E-state index in [0.717, 1.165) is 39.2 Å². The van der Waals surface area contributed by atoms with Crippen LogP contribution in [0, 0.1) is 0 Å². The maximum Gasteiger partial charge on any atom is 0.177 e. The van der Waals surface area contributed by atoms with Crippen molar-refractivity contribution in [2.45, 2.75) is 17.3 Å². The van der Waals surface area contributed by atoms with Gasteiger partial charge in [0.05, 0.1) is 31.1 Å². The highest BCUT2D eigenvalue weighted by molar-refractivity contribution is 7.98. The highest BCUT2D eigenvalue weighted by atomic mass is 35.5. The summed E-state index contributed by atoms with van der Waals surface area (Å²) in [5, 5.41) is 12.8. The smallest absolute Gasteiger partial charge is 0.177 e. The van der Waals surface area contributed by atoms with Crippen molar-refractivity contribution >= 4 is 29.2 Å². The van der Waals surface area contributed by atoms with Crippen molar-refractivity contribution in [3.05, 3.63) is 107 Å². The number of hydrazine groups is 2. The van der Waals surface area contributed by atoms with E-state index < -0.39 is 0 Å². The normalized spacial score (nSPS) is 13.0. The standard InChI is InChI=1S/C25H23ClN6OS/c1-33-22-12-10-18(11-13-22)16-31-24(28-29-30-31)23-15-27-32(21-9-5-8-20(26)14-21)25(23)34-17-19-6-3-2-4-7-19/h2-15,29-30H,16-17H2,1H3. The molecule has 34 heavy (non-hydrogen) atoms. The molecule has 1 aliphatic rings. The zero-order chi connectivity index (χ0) is 23.3. The fourth-order valence-corrected chi connectivity index (χ4v) is 4.89. The third-order valence-electron chi connectivity index (χ3n) is 5.34. The van der Waals surface area contributed by atoms with E-state index in [4.69, 9.17) is 21.4 Å². The number of nitrogens with zero attached hydrogens (tertiary/aromatic N) is 4. The Kier molecular flexibility index (Phi) is 6.71. The molecule has 4 aromatic rings. The lowest BCUT2D eigenvalue weighted by Gasteiger charge is -2.19. The molecule has 1 aromatic heterocycles. The van der Waals surface area contributed by atoms with Crippen LogP contribution in [0.5, 0.6) is 5.75 Å². The van der Waals surface area contributed by atoms with Gasteiger partial charge in [-0.3, -0.25) is 5.01 Å². The SMILES string of the molecule is COc1ccc(CN2NNN=C2c2cnn(-c3cccc(Cl)c3)c2SCc2ccccc2)cc1. The predicted octanol–water partition coefficient (Wildman–Crippen LogP) is 5.01. The molecule has 0 unspecified atom stereocenters. The molecule has 0 saturated carbocycles. The fraction of sp³-hybridized carbons (Fsp3) is 0.120. The molecule has 0 amide bonds. The summed E-state index contributed by atoms with van der Waals surface area (Å²) in [7, 11) is 1.66. The molecular formula is C25H23ClN6OS. The Balaban J connectivity index is 1.46. The second-order valence-corrected chi connectivity index (χ2v) is 9.02. The molecule has 0 bridgehead atoms. The number of hydrogen-bond donors (Lipinski definition) is 2.